The zero-order valence-corrected chi connectivity index (χ0v) is 13.0. The standard InChI is InChI=1S/C13H13ClN2O2S2/c14-10-3-5-11(6-4-10)20(17,18)16-8-1-2-12(16)13-15-7-9-19-13/h3-7,9,12H,1-2,8H2. The topological polar surface area (TPSA) is 50.3 Å². The summed E-state index contributed by atoms with van der Waals surface area (Å²) in [4.78, 5) is 4.54. The molecule has 1 aromatic heterocycles. The number of benzene rings is 1. The molecule has 0 amide bonds. The number of thiazole rings is 1. The van der Waals surface area contributed by atoms with Gasteiger partial charge in [-0.25, -0.2) is 13.4 Å². The monoisotopic (exact) mass is 328 g/mol. The summed E-state index contributed by atoms with van der Waals surface area (Å²) in [6, 6.07) is 6.16. The first-order chi connectivity index (χ1) is 9.59. The van der Waals surface area contributed by atoms with Gasteiger partial charge in [-0.15, -0.1) is 11.3 Å². The molecule has 0 bridgehead atoms. The molecule has 1 saturated heterocycles. The van der Waals surface area contributed by atoms with Gasteiger partial charge in [-0.3, -0.25) is 0 Å². The minimum atomic E-state index is -3.49. The molecule has 1 aromatic carbocycles. The summed E-state index contributed by atoms with van der Waals surface area (Å²) in [6.45, 7) is 0.537. The number of halogens is 1. The number of hydrogen-bond donors (Lipinski definition) is 0. The van der Waals surface area contributed by atoms with E-state index in [4.69, 9.17) is 11.6 Å². The minimum absolute atomic E-state index is 0.143. The first-order valence-electron chi connectivity index (χ1n) is 6.26. The predicted octanol–water partition coefficient (Wildman–Crippen LogP) is 3.32. The van der Waals surface area contributed by atoms with E-state index in [1.807, 2.05) is 5.38 Å². The Balaban J connectivity index is 1.96. The third-order valence-electron chi connectivity index (χ3n) is 3.36. The van der Waals surface area contributed by atoms with Gasteiger partial charge in [0.1, 0.15) is 5.01 Å². The molecular weight excluding hydrogens is 316 g/mol. The highest BCUT2D eigenvalue weighted by atomic mass is 35.5. The summed E-state index contributed by atoms with van der Waals surface area (Å²) in [5.74, 6) is 0. The van der Waals surface area contributed by atoms with Crippen LogP contribution in [0.3, 0.4) is 0 Å². The smallest absolute Gasteiger partial charge is 0.243 e. The van der Waals surface area contributed by atoms with Crippen LogP contribution in [0.5, 0.6) is 0 Å². The maximum atomic E-state index is 12.7. The van der Waals surface area contributed by atoms with Crippen molar-refractivity contribution in [1.29, 1.82) is 0 Å². The quantitative estimate of drug-likeness (QED) is 0.868. The van der Waals surface area contributed by atoms with E-state index < -0.39 is 10.0 Å². The fourth-order valence-electron chi connectivity index (χ4n) is 2.42. The normalized spacial score (nSPS) is 20.4. The van der Waals surface area contributed by atoms with E-state index in [0.717, 1.165) is 17.8 Å². The maximum absolute atomic E-state index is 12.7. The van der Waals surface area contributed by atoms with Gasteiger partial charge in [-0.2, -0.15) is 4.31 Å². The molecule has 3 rings (SSSR count). The average molecular weight is 329 g/mol. The number of nitrogens with zero attached hydrogens (tertiary/aromatic N) is 2. The zero-order chi connectivity index (χ0) is 14.2. The Hall–Kier alpha value is -0.950. The molecule has 0 saturated carbocycles. The first kappa shape index (κ1) is 14.0. The van der Waals surface area contributed by atoms with Crippen LogP contribution < -0.4 is 0 Å². The summed E-state index contributed by atoms with van der Waals surface area (Å²) < 4.78 is 27.0. The van der Waals surface area contributed by atoms with Crippen molar-refractivity contribution in [3.8, 4) is 0 Å². The lowest BCUT2D eigenvalue weighted by Gasteiger charge is -2.22. The van der Waals surface area contributed by atoms with E-state index in [1.54, 1.807) is 34.8 Å². The van der Waals surface area contributed by atoms with E-state index in [9.17, 15) is 8.42 Å². The lowest BCUT2D eigenvalue weighted by atomic mass is 10.2. The molecule has 0 aliphatic carbocycles. The van der Waals surface area contributed by atoms with Crippen LogP contribution >= 0.6 is 22.9 Å². The van der Waals surface area contributed by atoms with Crippen molar-refractivity contribution < 1.29 is 8.42 Å². The van der Waals surface area contributed by atoms with E-state index in [-0.39, 0.29) is 10.9 Å². The molecule has 0 radical (unpaired) electrons. The van der Waals surface area contributed by atoms with Gasteiger partial charge in [0.25, 0.3) is 0 Å². The minimum Gasteiger partial charge on any atom is -0.248 e. The summed E-state index contributed by atoms with van der Waals surface area (Å²) >= 11 is 7.31. The molecule has 1 aliphatic heterocycles. The van der Waals surface area contributed by atoms with E-state index in [1.165, 1.54) is 11.3 Å². The Morgan fingerprint density at radius 3 is 2.70 bits per heavy atom. The van der Waals surface area contributed by atoms with Crippen molar-refractivity contribution in [3.63, 3.8) is 0 Å². The molecule has 0 spiro atoms. The van der Waals surface area contributed by atoms with Crippen LogP contribution in [0.2, 0.25) is 5.02 Å². The predicted molar refractivity (Wildman–Crippen MR) is 79.4 cm³/mol. The van der Waals surface area contributed by atoms with E-state index >= 15 is 0 Å². The fourth-order valence-corrected chi connectivity index (χ4v) is 5.05. The number of rotatable bonds is 3. The molecule has 1 fully saturated rings. The van der Waals surface area contributed by atoms with Crippen LogP contribution in [-0.2, 0) is 10.0 Å². The largest absolute Gasteiger partial charge is 0.248 e. The zero-order valence-electron chi connectivity index (χ0n) is 10.6. The molecule has 1 aliphatic rings. The summed E-state index contributed by atoms with van der Waals surface area (Å²) in [5, 5.41) is 3.27. The van der Waals surface area contributed by atoms with Crippen molar-refractivity contribution in [1.82, 2.24) is 9.29 Å². The van der Waals surface area contributed by atoms with Crippen LogP contribution in [0.4, 0.5) is 0 Å². The number of aromatic nitrogens is 1. The second kappa shape index (κ2) is 5.44. The highest BCUT2D eigenvalue weighted by molar-refractivity contribution is 7.89. The van der Waals surface area contributed by atoms with Crippen LogP contribution in [0, 0.1) is 0 Å². The van der Waals surface area contributed by atoms with Crippen molar-refractivity contribution >= 4 is 33.0 Å². The van der Waals surface area contributed by atoms with Gasteiger partial charge < -0.3 is 0 Å². The molecule has 4 nitrogen and oxygen atoms in total. The molecule has 1 unspecified atom stereocenters. The van der Waals surface area contributed by atoms with Crippen LogP contribution in [0.15, 0.2) is 40.7 Å². The Bertz CT molecular complexity index is 684. The molecule has 7 heteroatoms. The highest BCUT2D eigenvalue weighted by Crippen LogP contribution is 2.37. The Morgan fingerprint density at radius 2 is 2.05 bits per heavy atom. The molecule has 2 heterocycles. The van der Waals surface area contributed by atoms with Gasteiger partial charge in [0.15, 0.2) is 0 Å². The van der Waals surface area contributed by atoms with Crippen LogP contribution in [0.1, 0.15) is 23.9 Å². The average Bonchev–Trinajstić information content (AvgIpc) is 3.10. The van der Waals surface area contributed by atoms with Gasteiger partial charge >= 0.3 is 0 Å². The summed E-state index contributed by atoms with van der Waals surface area (Å²) in [5.41, 5.74) is 0. The summed E-state index contributed by atoms with van der Waals surface area (Å²) in [6.07, 6.45) is 3.39. The second-order valence-electron chi connectivity index (χ2n) is 4.60. The molecule has 0 N–H and O–H groups in total. The lowest BCUT2D eigenvalue weighted by molar-refractivity contribution is 0.395. The third-order valence-corrected chi connectivity index (χ3v) is 6.41. The molecule has 1 atom stereocenters. The van der Waals surface area contributed by atoms with Gasteiger partial charge in [0.05, 0.1) is 10.9 Å². The Labute approximate surface area is 127 Å². The lowest BCUT2D eigenvalue weighted by Crippen LogP contribution is -2.30. The fraction of sp³-hybridized carbons (Fsp3) is 0.308. The molecule has 2 aromatic rings. The Morgan fingerprint density at radius 1 is 1.30 bits per heavy atom. The van der Waals surface area contributed by atoms with Gasteiger partial charge in [-0.1, -0.05) is 11.6 Å². The van der Waals surface area contributed by atoms with Crippen LogP contribution in [-0.4, -0.2) is 24.3 Å². The summed E-state index contributed by atoms with van der Waals surface area (Å²) in [7, 11) is -3.49. The second-order valence-corrected chi connectivity index (χ2v) is 7.85. The van der Waals surface area contributed by atoms with Gasteiger partial charge in [0, 0.05) is 23.1 Å². The van der Waals surface area contributed by atoms with Crippen LogP contribution in [0.25, 0.3) is 0 Å². The SMILES string of the molecule is O=S(=O)(c1ccc(Cl)cc1)N1CCCC1c1nccs1. The van der Waals surface area contributed by atoms with Gasteiger partial charge in [-0.05, 0) is 37.1 Å². The van der Waals surface area contributed by atoms with Gasteiger partial charge in [0.2, 0.25) is 10.0 Å². The van der Waals surface area contributed by atoms with Crippen molar-refractivity contribution in [3.05, 3.63) is 45.9 Å². The highest BCUT2D eigenvalue weighted by Gasteiger charge is 2.37. The molecule has 106 valence electrons. The maximum Gasteiger partial charge on any atom is 0.243 e. The number of hydrogen-bond acceptors (Lipinski definition) is 4. The molecule has 20 heavy (non-hydrogen) atoms. The first-order valence-corrected chi connectivity index (χ1v) is 8.95. The van der Waals surface area contributed by atoms with E-state index in [2.05, 4.69) is 4.98 Å². The third kappa shape index (κ3) is 2.48. The van der Waals surface area contributed by atoms with Crippen molar-refractivity contribution in [2.24, 2.45) is 0 Å². The van der Waals surface area contributed by atoms with Crippen molar-refractivity contribution in [2.75, 3.05) is 6.54 Å². The Kier molecular flexibility index (Phi) is 3.81. The van der Waals surface area contributed by atoms with E-state index in [0.29, 0.717) is 11.6 Å². The molecular formula is C13H13ClN2O2S2. The number of sulfonamides is 1. The van der Waals surface area contributed by atoms with Crippen molar-refractivity contribution in [2.45, 2.75) is 23.8 Å².